The minimum atomic E-state index is -0.715. The highest BCUT2D eigenvalue weighted by Crippen LogP contribution is 2.37. The number of carboxylic acids is 1. The van der Waals surface area contributed by atoms with Crippen molar-refractivity contribution in [3.05, 3.63) is 65.0 Å². The maximum atomic E-state index is 12.5. The lowest BCUT2D eigenvalue weighted by Gasteiger charge is -2.28. The van der Waals surface area contributed by atoms with Crippen LogP contribution in [0.4, 0.5) is 17.4 Å². The normalized spacial score (nSPS) is 18.0. The largest absolute Gasteiger partial charge is 0.481 e. The number of anilines is 3. The van der Waals surface area contributed by atoms with Crippen LogP contribution in [0.2, 0.25) is 0 Å². The third-order valence-corrected chi connectivity index (χ3v) is 6.04. The third-order valence-electron chi connectivity index (χ3n) is 6.04. The SMILES string of the molecule is Cc1cc(C)cc(Nc2nnc(C(=O)Nc3ccc(C4CCC(CC(=O)O)CC4)cc3)o2)c1. The summed E-state index contributed by atoms with van der Waals surface area (Å²) in [5.74, 6) is -0.607. The molecule has 0 spiro atoms. The minimum absolute atomic E-state index is 0.122. The van der Waals surface area contributed by atoms with Gasteiger partial charge < -0.3 is 20.2 Å². The van der Waals surface area contributed by atoms with Crippen LogP contribution in [0.5, 0.6) is 0 Å². The summed E-state index contributed by atoms with van der Waals surface area (Å²) in [6, 6.07) is 13.9. The van der Waals surface area contributed by atoms with Gasteiger partial charge in [0.25, 0.3) is 0 Å². The fourth-order valence-electron chi connectivity index (χ4n) is 4.51. The maximum Gasteiger partial charge on any atom is 0.320 e. The van der Waals surface area contributed by atoms with Crippen LogP contribution in [-0.4, -0.2) is 27.2 Å². The Morgan fingerprint density at radius 2 is 1.64 bits per heavy atom. The van der Waals surface area contributed by atoms with Crippen molar-refractivity contribution in [1.82, 2.24) is 10.2 Å². The molecule has 1 fully saturated rings. The Morgan fingerprint density at radius 3 is 2.27 bits per heavy atom. The number of rotatable bonds is 7. The standard InChI is InChI=1S/C25H28N4O4/c1-15-11-16(2)13-21(12-15)27-25-29-28-24(33-25)23(32)26-20-9-7-19(8-10-20)18-5-3-17(4-6-18)14-22(30)31/h7-13,17-18H,3-6,14H2,1-2H3,(H,26,32)(H,27,29)(H,30,31). The van der Waals surface area contributed by atoms with E-state index in [-0.39, 0.29) is 24.2 Å². The molecule has 0 atom stereocenters. The van der Waals surface area contributed by atoms with Crippen molar-refractivity contribution in [3.63, 3.8) is 0 Å². The van der Waals surface area contributed by atoms with Crippen molar-refractivity contribution in [2.45, 2.75) is 51.9 Å². The first-order valence-electron chi connectivity index (χ1n) is 11.2. The molecule has 3 aromatic rings. The van der Waals surface area contributed by atoms with Crippen molar-refractivity contribution < 1.29 is 19.1 Å². The van der Waals surface area contributed by atoms with Crippen molar-refractivity contribution in [3.8, 4) is 0 Å². The Morgan fingerprint density at radius 1 is 0.970 bits per heavy atom. The van der Waals surface area contributed by atoms with Crippen LogP contribution >= 0.6 is 0 Å². The molecule has 0 unspecified atom stereocenters. The van der Waals surface area contributed by atoms with Gasteiger partial charge in [-0.2, -0.15) is 0 Å². The van der Waals surface area contributed by atoms with E-state index in [1.807, 2.05) is 50.2 Å². The molecule has 1 aromatic heterocycles. The first-order valence-corrected chi connectivity index (χ1v) is 11.2. The second-order valence-corrected chi connectivity index (χ2v) is 8.81. The molecule has 1 aliphatic carbocycles. The van der Waals surface area contributed by atoms with Gasteiger partial charge in [0.1, 0.15) is 0 Å². The zero-order valence-corrected chi connectivity index (χ0v) is 18.8. The van der Waals surface area contributed by atoms with Crippen LogP contribution in [0.25, 0.3) is 0 Å². The summed E-state index contributed by atoms with van der Waals surface area (Å²) in [7, 11) is 0. The Hall–Kier alpha value is -3.68. The van der Waals surface area contributed by atoms with Gasteiger partial charge in [-0.05, 0) is 92.3 Å². The number of amides is 1. The third kappa shape index (κ3) is 5.97. The average molecular weight is 449 g/mol. The molecule has 1 amide bonds. The van der Waals surface area contributed by atoms with Gasteiger partial charge in [0.2, 0.25) is 0 Å². The number of hydrogen-bond acceptors (Lipinski definition) is 6. The van der Waals surface area contributed by atoms with Gasteiger partial charge in [-0.15, -0.1) is 5.10 Å². The summed E-state index contributed by atoms with van der Waals surface area (Å²) in [5.41, 5.74) is 4.87. The molecule has 8 nitrogen and oxygen atoms in total. The summed E-state index contributed by atoms with van der Waals surface area (Å²) in [6.07, 6.45) is 4.11. The zero-order chi connectivity index (χ0) is 23.4. The van der Waals surface area contributed by atoms with E-state index in [9.17, 15) is 9.59 Å². The molecule has 172 valence electrons. The highest BCUT2D eigenvalue weighted by atomic mass is 16.4. The van der Waals surface area contributed by atoms with Gasteiger partial charge in [-0.1, -0.05) is 23.3 Å². The van der Waals surface area contributed by atoms with Gasteiger partial charge in [0, 0.05) is 17.8 Å². The lowest BCUT2D eigenvalue weighted by atomic mass is 9.77. The number of aryl methyl sites for hydroxylation is 2. The van der Waals surface area contributed by atoms with Crippen molar-refractivity contribution in [2.24, 2.45) is 5.92 Å². The van der Waals surface area contributed by atoms with Crippen LogP contribution in [-0.2, 0) is 4.79 Å². The van der Waals surface area contributed by atoms with E-state index in [0.29, 0.717) is 11.6 Å². The molecule has 0 bridgehead atoms. The summed E-state index contributed by atoms with van der Waals surface area (Å²) in [5, 5.41) is 22.5. The number of carboxylic acid groups (broad SMARTS) is 1. The number of nitrogens with one attached hydrogen (secondary N) is 2. The first-order chi connectivity index (χ1) is 15.9. The number of aromatic nitrogens is 2. The number of hydrogen-bond donors (Lipinski definition) is 3. The van der Waals surface area contributed by atoms with E-state index in [2.05, 4.69) is 26.9 Å². The van der Waals surface area contributed by atoms with Crippen LogP contribution in [0.15, 0.2) is 46.9 Å². The quantitative estimate of drug-likeness (QED) is 0.441. The Labute approximate surface area is 192 Å². The van der Waals surface area contributed by atoms with Crippen molar-refractivity contribution >= 4 is 29.3 Å². The van der Waals surface area contributed by atoms with E-state index in [1.54, 1.807) is 0 Å². The molecule has 3 N–H and O–H groups in total. The first kappa shape index (κ1) is 22.5. The van der Waals surface area contributed by atoms with E-state index in [4.69, 9.17) is 9.52 Å². The second-order valence-electron chi connectivity index (χ2n) is 8.81. The Bertz CT molecular complexity index is 1110. The smallest absolute Gasteiger partial charge is 0.320 e. The van der Waals surface area contributed by atoms with E-state index in [0.717, 1.165) is 42.5 Å². The molecular weight excluding hydrogens is 420 g/mol. The van der Waals surface area contributed by atoms with Crippen molar-refractivity contribution in [1.29, 1.82) is 0 Å². The minimum Gasteiger partial charge on any atom is -0.481 e. The molecule has 0 saturated heterocycles. The van der Waals surface area contributed by atoms with Gasteiger partial charge in [0.05, 0.1) is 0 Å². The van der Waals surface area contributed by atoms with Crippen LogP contribution in [0.1, 0.15) is 65.4 Å². The van der Waals surface area contributed by atoms with Gasteiger partial charge >= 0.3 is 23.8 Å². The molecule has 2 aromatic carbocycles. The molecule has 0 aliphatic heterocycles. The lowest BCUT2D eigenvalue weighted by Crippen LogP contribution is -2.16. The molecule has 33 heavy (non-hydrogen) atoms. The van der Waals surface area contributed by atoms with E-state index in [1.165, 1.54) is 5.56 Å². The second kappa shape index (κ2) is 9.85. The molecular formula is C25H28N4O4. The summed E-state index contributed by atoms with van der Waals surface area (Å²) < 4.78 is 5.47. The fraction of sp³-hybridized carbons (Fsp3) is 0.360. The number of aliphatic carboxylic acids is 1. The van der Waals surface area contributed by atoms with Crippen molar-refractivity contribution in [2.75, 3.05) is 10.6 Å². The number of benzene rings is 2. The Kier molecular flexibility index (Phi) is 6.72. The van der Waals surface area contributed by atoms with Crippen LogP contribution in [0, 0.1) is 19.8 Å². The molecule has 1 saturated carbocycles. The number of carbonyl (C=O) groups is 2. The summed E-state index contributed by atoms with van der Waals surface area (Å²) >= 11 is 0. The molecule has 1 aliphatic rings. The number of nitrogens with zero attached hydrogens (tertiary/aromatic N) is 2. The predicted molar refractivity (Wildman–Crippen MR) is 125 cm³/mol. The molecule has 0 radical (unpaired) electrons. The molecule has 1 heterocycles. The van der Waals surface area contributed by atoms with E-state index >= 15 is 0 Å². The Balaban J connectivity index is 1.32. The van der Waals surface area contributed by atoms with Gasteiger partial charge in [-0.25, -0.2) is 0 Å². The topological polar surface area (TPSA) is 117 Å². The average Bonchev–Trinajstić information content (AvgIpc) is 3.22. The van der Waals surface area contributed by atoms with Gasteiger partial charge in [0.15, 0.2) is 0 Å². The predicted octanol–water partition coefficient (Wildman–Crippen LogP) is 5.43. The monoisotopic (exact) mass is 448 g/mol. The van der Waals surface area contributed by atoms with Crippen LogP contribution < -0.4 is 10.6 Å². The lowest BCUT2D eigenvalue weighted by molar-refractivity contribution is -0.138. The zero-order valence-electron chi connectivity index (χ0n) is 18.8. The fourth-order valence-corrected chi connectivity index (χ4v) is 4.51. The summed E-state index contributed by atoms with van der Waals surface area (Å²) in [4.78, 5) is 23.4. The maximum absolute atomic E-state index is 12.5. The highest BCUT2D eigenvalue weighted by Gasteiger charge is 2.24. The number of carbonyl (C=O) groups excluding carboxylic acids is 1. The van der Waals surface area contributed by atoms with E-state index < -0.39 is 11.9 Å². The molecule has 8 heteroatoms. The van der Waals surface area contributed by atoms with Gasteiger partial charge in [-0.3, -0.25) is 9.59 Å². The van der Waals surface area contributed by atoms with Crippen LogP contribution in [0.3, 0.4) is 0 Å². The summed E-state index contributed by atoms with van der Waals surface area (Å²) in [6.45, 7) is 4.00. The highest BCUT2D eigenvalue weighted by molar-refractivity contribution is 6.00. The molecule has 4 rings (SSSR count).